The van der Waals surface area contributed by atoms with E-state index >= 15 is 0 Å². The van der Waals surface area contributed by atoms with Gasteiger partial charge in [0.1, 0.15) is 0 Å². The van der Waals surface area contributed by atoms with Crippen LogP contribution < -0.4 is 10.2 Å². The first-order valence-corrected chi connectivity index (χ1v) is 11.7. The largest absolute Gasteiger partial charge is 0.378 e. The molecule has 5 nitrogen and oxygen atoms in total. The average molecular weight is 471 g/mol. The maximum absolute atomic E-state index is 13.8. The first kappa shape index (κ1) is 22.1. The number of hydrogen-bond donors (Lipinski definition) is 1. The van der Waals surface area contributed by atoms with Crippen molar-refractivity contribution in [2.75, 3.05) is 24.3 Å². The number of rotatable bonds is 3. The molecule has 0 radical (unpaired) electrons. The van der Waals surface area contributed by atoms with Gasteiger partial charge in [-0.15, -0.1) is 0 Å². The van der Waals surface area contributed by atoms with Crippen molar-refractivity contribution in [2.45, 2.75) is 19.5 Å². The monoisotopic (exact) mass is 470 g/mol. The highest BCUT2D eigenvalue weighted by molar-refractivity contribution is 6.31. The standard InChI is InChI=1S/C28H27ClN4O/c1-19-23(29)9-6-10-24(19)30-28(34)33-18-21-8-4-5-11-25(21)32-17-7-12-26(32)27(33)20-13-15-22(16-14-20)31(2)3/h4-17,27H,18H2,1-3H3,(H,30,34). The van der Waals surface area contributed by atoms with Crippen LogP contribution in [0.3, 0.4) is 0 Å². The summed E-state index contributed by atoms with van der Waals surface area (Å²) in [6, 6.07) is 25.9. The van der Waals surface area contributed by atoms with Crippen molar-refractivity contribution >= 4 is 29.0 Å². The summed E-state index contributed by atoms with van der Waals surface area (Å²) in [5, 5.41) is 3.75. The molecule has 2 amide bonds. The van der Waals surface area contributed by atoms with Crippen LogP contribution in [0.4, 0.5) is 16.2 Å². The van der Waals surface area contributed by atoms with Gasteiger partial charge in [0.15, 0.2) is 0 Å². The maximum atomic E-state index is 13.8. The number of para-hydroxylation sites is 1. The van der Waals surface area contributed by atoms with E-state index in [4.69, 9.17) is 11.6 Å². The Labute approximate surface area is 205 Å². The zero-order valence-electron chi connectivity index (χ0n) is 19.5. The zero-order chi connectivity index (χ0) is 23.8. The molecule has 0 aliphatic carbocycles. The van der Waals surface area contributed by atoms with E-state index in [1.165, 1.54) is 0 Å². The predicted octanol–water partition coefficient (Wildman–Crippen LogP) is 6.64. The molecule has 3 aromatic carbocycles. The molecule has 1 aliphatic heterocycles. The summed E-state index contributed by atoms with van der Waals surface area (Å²) >= 11 is 6.32. The lowest BCUT2D eigenvalue weighted by Crippen LogP contribution is -2.38. The van der Waals surface area contributed by atoms with Crippen LogP contribution in [0.25, 0.3) is 5.69 Å². The normalized spacial score (nSPS) is 14.7. The van der Waals surface area contributed by atoms with Crippen LogP contribution in [0.5, 0.6) is 0 Å². The molecular weight excluding hydrogens is 444 g/mol. The fourth-order valence-electron chi connectivity index (χ4n) is 4.57. The van der Waals surface area contributed by atoms with Crippen molar-refractivity contribution in [1.29, 1.82) is 0 Å². The molecule has 0 saturated heterocycles. The molecule has 0 spiro atoms. The summed E-state index contributed by atoms with van der Waals surface area (Å²) < 4.78 is 2.19. The fraction of sp³-hybridized carbons (Fsp3) is 0.179. The van der Waals surface area contributed by atoms with Crippen molar-refractivity contribution < 1.29 is 4.79 Å². The van der Waals surface area contributed by atoms with Gasteiger partial charge in [-0.3, -0.25) is 0 Å². The minimum Gasteiger partial charge on any atom is -0.378 e. The Kier molecular flexibility index (Phi) is 5.80. The number of carbonyl (C=O) groups is 1. The van der Waals surface area contributed by atoms with Gasteiger partial charge in [0.2, 0.25) is 0 Å². The third-order valence-corrected chi connectivity index (χ3v) is 6.87. The van der Waals surface area contributed by atoms with Crippen LogP contribution in [-0.4, -0.2) is 29.6 Å². The number of urea groups is 1. The lowest BCUT2D eigenvalue weighted by Gasteiger charge is -2.31. The second kappa shape index (κ2) is 8.92. The van der Waals surface area contributed by atoms with Gasteiger partial charge in [-0.25, -0.2) is 4.79 Å². The highest BCUT2D eigenvalue weighted by atomic mass is 35.5. The molecule has 1 N–H and O–H groups in total. The summed E-state index contributed by atoms with van der Waals surface area (Å²) in [6.45, 7) is 2.39. The van der Waals surface area contributed by atoms with E-state index in [-0.39, 0.29) is 12.1 Å². The number of anilines is 2. The SMILES string of the molecule is Cc1c(Cl)cccc1NC(=O)N1Cc2ccccc2-n2cccc2C1c1ccc(N(C)C)cc1. The van der Waals surface area contributed by atoms with Crippen LogP contribution in [0.1, 0.15) is 28.4 Å². The molecule has 34 heavy (non-hydrogen) atoms. The zero-order valence-corrected chi connectivity index (χ0v) is 20.3. The van der Waals surface area contributed by atoms with Crippen molar-refractivity contribution in [3.05, 3.63) is 112 Å². The van der Waals surface area contributed by atoms with E-state index in [2.05, 4.69) is 63.4 Å². The van der Waals surface area contributed by atoms with Gasteiger partial charge in [-0.2, -0.15) is 0 Å². The molecule has 0 saturated carbocycles. The second-order valence-electron chi connectivity index (χ2n) is 8.79. The third-order valence-electron chi connectivity index (χ3n) is 6.46. The Morgan fingerprint density at radius 3 is 2.50 bits per heavy atom. The van der Waals surface area contributed by atoms with Crippen LogP contribution in [0, 0.1) is 6.92 Å². The van der Waals surface area contributed by atoms with E-state index in [9.17, 15) is 4.79 Å². The van der Waals surface area contributed by atoms with E-state index in [0.29, 0.717) is 17.3 Å². The van der Waals surface area contributed by atoms with Gasteiger partial charge in [0, 0.05) is 42.4 Å². The average Bonchev–Trinajstić information content (AvgIpc) is 3.26. The van der Waals surface area contributed by atoms with Crippen LogP contribution >= 0.6 is 11.6 Å². The van der Waals surface area contributed by atoms with Gasteiger partial charge in [-0.05, 0) is 66.1 Å². The molecule has 5 rings (SSSR count). The summed E-state index contributed by atoms with van der Waals surface area (Å²) in [4.78, 5) is 17.8. The number of fused-ring (bicyclic) bond motifs is 3. The van der Waals surface area contributed by atoms with E-state index < -0.39 is 0 Å². The lowest BCUT2D eigenvalue weighted by atomic mass is 10.0. The Bertz CT molecular complexity index is 1340. The second-order valence-corrected chi connectivity index (χ2v) is 9.20. The molecule has 1 aliphatic rings. The number of carbonyl (C=O) groups excluding carboxylic acids is 1. The van der Waals surface area contributed by atoms with Crippen LogP contribution in [0.2, 0.25) is 5.02 Å². The number of aromatic nitrogens is 1. The maximum Gasteiger partial charge on any atom is 0.322 e. The molecule has 0 bridgehead atoms. The lowest BCUT2D eigenvalue weighted by molar-refractivity contribution is 0.194. The minimum atomic E-state index is -0.266. The summed E-state index contributed by atoms with van der Waals surface area (Å²) in [6.07, 6.45) is 2.07. The third kappa shape index (κ3) is 3.93. The molecule has 1 unspecified atom stereocenters. The number of benzene rings is 3. The van der Waals surface area contributed by atoms with Crippen LogP contribution in [-0.2, 0) is 6.54 Å². The van der Waals surface area contributed by atoms with E-state index in [1.54, 1.807) is 0 Å². The molecule has 172 valence electrons. The van der Waals surface area contributed by atoms with Gasteiger partial charge in [-0.1, -0.05) is 48.0 Å². The molecular formula is C28H27ClN4O. The minimum absolute atomic E-state index is 0.170. The molecule has 4 aromatic rings. The van der Waals surface area contributed by atoms with Gasteiger partial charge in [0.05, 0.1) is 18.3 Å². The van der Waals surface area contributed by atoms with Gasteiger partial charge >= 0.3 is 6.03 Å². The fourth-order valence-corrected chi connectivity index (χ4v) is 4.75. The quantitative estimate of drug-likeness (QED) is 0.364. The number of amides is 2. The van der Waals surface area contributed by atoms with E-state index in [0.717, 1.165) is 33.8 Å². The molecule has 0 fully saturated rings. The van der Waals surface area contributed by atoms with Crippen molar-refractivity contribution in [3.8, 4) is 5.69 Å². The molecule has 1 aromatic heterocycles. The topological polar surface area (TPSA) is 40.5 Å². The van der Waals surface area contributed by atoms with E-state index in [1.807, 2.05) is 62.3 Å². The van der Waals surface area contributed by atoms with Gasteiger partial charge < -0.3 is 19.7 Å². The van der Waals surface area contributed by atoms with Crippen LogP contribution in [0.15, 0.2) is 85.1 Å². The summed E-state index contributed by atoms with van der Waals surface area (Å²) in [7, 11) is 4.05. The number of nitrogens with zero attached hydrogens (tertiary/aromatic N) is 3. The Hall–Kier alpha value is -3.70. The Morgan fingerprint density at radius 2 is 1.74 bits per heavy atom. The molecule has 2 heterocycles. The Balaban J connectivity index is 1.62. The highest BCUT2D eigenvalue weighted by Gasteiger charge is 2.33. The predicted molar refractivity (Wildman–Crippen MR) is 139 cm³/mol. The number of hydrogen-bond acceptors (Lipinski definition) is 2. The van der Waals surface area contributed by atoms with Crippen molar-refractivity contribution in [3.63, 3.8) is 0 Å². The van der Waals surface area contributed by atoms with Gasteiger partial charge in [0.25, 0.3) is 0 Å². The molecule has 6 heteroatoms. The first-order valence-electron chi connectivity index (χ1n) is 11.3. The van der Waals surface area contributed by atoms with Crippen molar-refractivity contribution in [2.24, 2.45) is 0 Å². The smallest absolute Gasteiger partial charge is 0.322 e. The molecule has 1 atom stereocenters. The summed E-state index contributed by atoms with van der Waals surface area (Å²) in [5.41, 5.74) is 6.95. The van der Waals surface area contributed by atoms with Crippen molar-refractivity contribution in [1.82, 2.24) is 9.47 Å². The Morgan fingerprint density at radius 1 is 0.971 bits per heavy atom. The number of nitrogens with one attached hydrogen (secondary N) is 1. The first-order chi connectivity index (χ1) is 16.4. The number of halogens is 1. The highest BCUT2D eigenvalue weighted by Crippen LogP contribution is 2.37. The summed E-state index contributed by atoms with van der Waals surface area (Å²) in [5.74, 6) is 0.